The highest BCUT2D eigenvalue weighted by atomic mass is 16.5. The quantitative estimate of drug-likeness (QED) is 0.793. The maximum Gasteiger partial charge on any atom is 0.237 e. The van der Waals surface area contributed by atoms with Crippen molar-refractivity contribution in [3.63, 3.8) is 0 Å². The minimum Gasteiger partial charge on any atom is -0.339 e. The Kier molecular flexibility index (Phi) is 4.13. The van der Waals surface area contributed by atoms with Crippen LogP contribution in [0.3, 0.4) is 0 Å². The van der Waals surface area contributed by atoms with Gasteiger partial charge in [0.05, 0.1) is 5.92 Å². The monoisotopic (exact) mass is 284 g/mol. The van der Waals surface area contributed by atoms with Crippen molar-refractivity contribution in [3.05, 3.63) is 47.6 Å². The molecular formula is C17H20N2O2. The Bertz CT molecular complexity index is 600. The van der Waals surface area contributed by atoms with E-state index in [9.17, 15) is 4.79 Å². The first kappa shape index (κ1) is 14.0. The number of nitrogens with zero attached hydrogens (tertiary/aromatic N) is 2. The molecule has 1 fully saturated rings. The number of Topliss-reactive ketones (excluding diaryl/α,β-unsaturated/α-hetero) is 1. The molecule has 0 aliphatic heterocycles. The average molecular weight is 284 g/mol. The molecule has 1 aromatic carbocycles. The molecule has 1 unspecified atom stereocenters. The molecule has 0 saturated heterocycles. The molecule has 4 nitrogen and oxygen atoms in total. The molecule has 3 rings (SSSR count). The van der Waals surface area contributed by atoms with Crippen LogP contribution in [0, 0.1) is 0 Å². The number of hydrogen-bond acceptors (Lipinski definition) is 4. The molecule has 0 N–H and O–H groups in total. The van der Waals surface area contributed by atoms with Gasteiger partial charge in [0, 0.05) is 11.5 Å². The fourth-order valence-electron chi connectivity index (χ4n) is 2.91. The second-order valence-corrected chi connectivity index (χ2v) is 5.78. The predicted octanol–water partition coefficient (Wildman–Crippen LogP) is 4.10. The van der Waals surface area contributed by atoms with Crippen LogP contribution in [0.15, 0.2) is 34.9 Å². The van der Waals surface area contributed by atoms with Gasteiger partial charge in [-0.05, 0) is 19.8 Å². The zero-order valence-corrected chi connectivity index (χ0v) is 12.3. The summed E-state index contributed by atoms with van der Waals surface area (Å²) in [4.78, 5) is 16.9. The van der Waals surface area contributed by atoms with Gasteiger partial charge in [0.25, 0.3) is 0 Å². The van der Waals surface area contributed by atoms with Crippen LogP contribution >= 0.6 is 0 Å². The summed E-state index contributed by atoms with van der Waals surface area (Å²) in [5, 5.41) is 4.10. The van der Waals surface area contributed by atoms with Crippen molar-refractivity contribution in [1.29, 1.82) is 0 Å². The molecular weight excluding hydrogens is 264 g/mol. The molecule has 0 amide bonds. The van der Waals surface area contributed by atoms with Crippen molar-refractivity contribution >= 4 is 5.78 Å². The third-order valence-electron chi connectivity index (χ3n) is 4.25. The maximum absolute atomic E-state index is 12.4. The lowest BCUT2D eigenvalue weighted by atomic mass is 9.89. The van der Waals surface area contributed by atoms with E-state index in [2.05, 4.69) is 10.1 Å². The van der Waals surface area contributed by atoms with E-state index in [-0.39, 0.29) is 5.78 Å². The molecule has 2 aromatic rings. The highest BCUT2D eigenvalue weighted by Crippen LogP contribution is 2.31. The smallest absolute Gasteiger partial charge is 0.237 e. The summed E-state index contributed by atoms with van der Waals surface area (Å²) in [6.07, 6.45) is 6.00. The number of aromatic nitrogens is 2. The first-order valence-corrected chi connectivity index (χ1v) is 7.68. The third-order valence-corrected chi connectivity index (χ3v) is 4.25. The minimum absolute atomic E-state index is 0.0226. The highest BCUT2D eigenvalue weighted by molar-refractivity contribution is 6.00. The molecule has 1 aliphatic rings. The molecule has 1 atom stereocenters. The Balaban J connectivity index is 1.74. The number of benzene rings is 1. The van der Waals surface area contributed by atoms with Crippen molar-refractivity contribution in [2.24, 2.45) is 0 Å². The van der Waals surface area contributed by atoms with Gasteiger partial charge in [-0.15, -0.1) is 0 Å². The minimum atomic E-state index is -0.391. The molecule has 0 spiro atoms. The van der Waals surface area contributed by atoms with Crippen molar-refractivity contribution in [2.45, 2.75) is 50.9 Å². The van der Waals surface area contributed by atoms with Crippen LogP contribution in [0.5, 0.6) is 0 Å². The largest absolute Gasteiger partial charge is 0.339 e. The molecule has 21 heavy (non-hydrogen) atoms. The van der Waals surface area contributed by atoms with Crippen molar-refractivity contribution < 1.29 is 9.32 Å². The van der Waals surface area contributed by atoms with Crippen molar-refractivity contribution in [2.75, 3.05) is 0 Å². The van der Waals surface area contributed by atoms with Gasteiger partial charge in [-0.2, -0.15) is 4.98 Å². The Morgan fingerprint density at radius 1 is 1.19 bits per heavy atom. The zero-order chi connectivity index (χ0) is 14.7. The van der Waals surface area contributed by atoms with Crippen molar-refractivity contribution in [3.8, 4) is 0 Å². The lowest BCUT2D eigenvalue weighted by Gasteiger charge is -2.17. The predicted molar refractivity (Wildman–Crippen MR) is 79.3 cm³/mol. The number of carbonyl (C=O) groups excluding carboxylic acids is 1. The molecule has 0 bridgehead atoms. The first-order valence-electron chi connectivity index (χ1n) is 7.68. The number of ketones is 1. The fourth-order valence-corrected chi connectivity index (χ4v) is 2.91. The van der Waals surface area contributed by atoms with Gasteiger partial charge in [-0.1, -0.05) is 54.8 Å². The average Bonchev–Trinajstić information content (AvgIpc) is 3.05. The van der Waals surface area contributed by atoms with Crippen LogP contribution in [0.1, 0.15) is 72.9 Å². The van der Waals surface area contributed by atoms with E-state index < -0.39 is 5.92 Å². The molecule has 1 aliphatic carbocycles. The summed E-state index contributed by atoms with van der Waals surface area (Å²) in [6.45, 7) is 1.83. The Morgan fingerprint density at radius 3 is 2.62 bits per heavy atom. The van der Waals surface area contributed by atoms with Gasteiger partial charge >= 0.3 is 0 Å². The Hall–Kier alpha value is -1.97. The summed E-state index contributed by atoms with van der Waals surface area (Å²) in [6, 6.07) is 9.26. The van der Waals surface area contributed by atoms with E-state index in [1.807, 2.05) is 37.3 Å². The van der Waals surface area contributed by atoms with Crippen molar-refractivity contribution in [1.82, 2.24) is 10.1 Å². The number of carbonyl (C=O) groups is 1. The fraction of sp³-hybridized carbons (Fsp3) is 0.471. The second kappa shape index (κ2) is 6.20. The number of rotatable bonds is 4. The standard InChI is InChI=1S/C17H20N2O2/c1-12(15(20)13-8-4-2-5-9-13)17-18-16(19-21-17)14-10-6-3-7-11-14/h2,4-5,8-9,12,14H,3,6-7,10-11H2,1H3. The van der Waals surface area contributed by atoms with Gasteiger partial charge in [0.15, 0.2) is 11.6 Å². The lowest BCUT2D eigenvalue weighted by molar-refractivity contribution is 0.0951. The molecule has 4 heteroatoms. The van der Waals surface area contributed by atoms with Gasteiger partial charge in [0.1, 0.15) is 0 Å². The van der Waals surface area contributed by atoms with E-state index in [0.29, 0.717) is 17.4 Å². The van der Waals surface area contributed by atoms with E-state index in [4.69, 9.17) is 4.52 Å². The topological polar surface area (TPSA) is 56.0 Å². The SMILES string of the molecule is CC(C(=O)c1ccccc1)c1nc(C2CCCCC2)no1. The van der Waals surface area contributed by atoms with E-state index in [1.165, 1.54) is 19.3 Å². The molecule has 1 aromatic heterocycles. The summed E-state index contributed by atoms with van der Waals surface area (Å²) < 4.78 is 5.34. The van der Waals surface area contributed by atoms with Gasteiger partial charge in [-0.3, -0.25) is 4.79 Å². The highest BCUT2D eigenvalue weighted by Gasteiger charge is 2.26. The normalized spacial score (nSPS) is 17.6. The number of hydrogen-bond donors (Lipinski definition) is 0. The van der Waals surface area contributed by atoms with Crippen LogP contribution < -0.4 is 0 Å². The van der Waals surface area contributed by atoms with E-state index in [1.54, 1.807) is 0 Å². The molecule has 1 saturated carbocycles. The van der Waals surface area contributed by atoms with E-state index >= 15 is 0 Å². The van der Waals surface area contributed by atoms with Gasteiger partial charge < -0.3 is 4.52 Å². The van der Waals surface area contributed by atoms with Crippen LogP contribution in [0.2, 0.25) is 0 Å². The van der Waals surface area contributed by atoms with Crippen LogP contribution in [0.25, 0.3) is 0 Å². The molecule has 110 valence electrons. The third kappa shape index (κ3) is 3.04. The maximum atomic E-state index is 12.4. The molecule has 1 heterocycles. The second-order valence-electron chi connectivity index (χ2n) is 5.78. The summed E-state index contributed by atoms with van der Waals surface area (Å²) in [7, 11) is 0. The first-order chi connectivity index (χ1) is 10.3. The summed E-state index contributed by atoms with van der Waals surface area (Å²) in [5.41, 5.74) is 0.683. The van der Waals surface area contributed by atoms with Crippen LogP contribution in [0.4, 0.5) is 0 Å². The lowest BCUT2D eigenvalue weighted by Crippen LogP contribution is -2.11. The Morgan fingerprint density at radius 2 is 1.90 bits per heavy atom. The van der Waals surface area contributed by atoms with Gasteiger partial charge in [-0.25, -0.2) is 0 Å². The Labute approximate surface area is 124 Å². The van der Waals surface area contributed by atoms with Gasteiger partial charge in [0.2, 0.25) is 5.89 Å². The van der Waals surface area contributed by atoms with Crippen LogP contribution in [-0.2, 0) is 0 Å². The zero-order valence-electron chi connectivity index (χ0n) is 12.3. The van der Waals surface area contributed by atoms with E-state index in [0.717, 1.165) is 18.7 Å². The van der Waals surface area contributed by atoms with Crippen LogP contribution in [-0.4, -0.2) is 15.9 Å². The summed E-state index contributed by atoms with van der Waals surface area (Å²) in [5.74, 6) is 1.24. The molecule has 0 radical (unpaired) electrons. The summed E-state index contributed by atoms with van der Waals surface area (Å²) >= 11 is 0.